The first-order chi connectivity index (χ1) is 8.82. The Morgan fingerprint density at radius 1 is 1.16 bits per heavy atom. The lowest BCUT2D eigenvalue weighted by molar-refractivity contribution is 0.00578. The van der Waals surface area contributed by atoms with Crippen molar-refractivity contribution < 1.29 is 18.8 Å². The summed E-state index contributed by atoms with van der Waals surface area (Å²) in [5.74, 6) is -0.283. The molecular formula is C13H18BNO4. The molecule has 2 aliphatic heterocycles. The fraction of sp³-hybridized carbons (Fsp3) is 0.615. The Kier molecular flexibility index (Phi) is 2.60. The molecule has 2 aliphatic rings. The molecule has 1 aromatic rings. The van der Waals surface area contributed by atoms with E-state index in [2.05, 4.69) is 0 Å². The summed E-state index contributed by atoms with van der Waals surface area (Å²) in [6.45, 7) is 9.10. The van der Waals surface area contributed by atoms with Crippen LogP contribution < -0.4 is 5.59 Å². The predicted octanol–water partition coefficient (Wildman–Crippen LogP) is 0.958. The van der Waals surface area contributed by atoms with Crippen molar-refractivity contribution in [1.29, 1.82) is 0 Å². The number of nitrogens with zero attached hydrogens (tertiary/aromatic N) is 1. The molecule has 3 heterocycles. The minimum Gasteiger partial charge on any atom is -0.459 e. The molecule has 0 radical (unpaired) electrons. The maximum Gasteiger partial charge on any atom is 0.512 e. The number of hydrogen-bond donors (Lipinski definition) is 0. The van der Waals surface area contributed by atoms with Crippen molar-refractivity contribution in [2.75, 3.05) is 6.61 Å². The highest BCUT2D eigenvalue weighted by Gasteiger charge is 2.53. The van der Waals surface area contributed by atoms with Gasteiger partial charge in [0.25, 0.3) is 0 Å². The van der Waals surface area contributed by atoms with Crippen molar-refractivity contribution in [3.8, 4) is 0 Å². The Bertz CT molecular complexity index is 519. The van der Waals surface area contributed by atoms with Gasteiger partial charge in [-0.1, -0.05) is 0 Å². The standard InChI is InChI=1S/C13H18BNO4/c1-12(2)13(3,4)19-14(18-12)10-6-5-9-11(16)17-8-7-15(9)10/h5-6H,7-8H2,1-4H3. The third kappa shape index (κ3) is 1.82. The van der Waals surface area contributed by atoms with Gasteiger partial charge in [0.2, 0.25) is 0 Å². The average Bonchev–Trinajstić information content (AvgIpc) is 2.80. The van der Waals surface area contributed by atoms with E-state index in [1.165, 1.54) is 0 Å². The fourth-order valence-electron chi connectivity index (χ4n) is 2.38. The number of aromatic nitrogens is 1. The first-order valence-electron chi connectivity index (χ1n) is 6.54. The quantitative estimate of drug-likeness (QED) is 0.559. The number of ether oxygens (including phenoxy) is 1. The minimum atomic E-state index is -0.440. The van der Waals surface area contributed by atoms with E-state index >= 15 is 0 Å². The molecule has 0 saturated carbocycles. The first-order valence-corrected chi connectivity index (χ1v) is 6.54. The summed E-state index contributed by atoms with van der Waals surface area (Å²) >= 11 is 0. The van der Waals surface area contributed by atoms with Gasteiger partial charge in [0.1, 0.15) is 12.3 Å². The van der Waals surface area contributed by atoms with Crippen molar-refractivity contribution in [2.24, 2.45) is 0 Å². The van der Waals surface area contributed by atoms with Crippen LogP contribution in [0.25, 0.3) is 0 Å². The Labute approximate surface area is 113 Å². The van der Waals surface area contributed by atoms with E-state index in [-0.39, 0.29) is 17.2 Å². The summed E-state index contributed by atoms with van der Waals surface area (Å²) in [5.41, 5.74) is 0.691. The summed E-state index contributed by atoms with van der Waals surface area (Å²) in [5, 5.41) is 0. The highest BCUT2D eigenvalue weighted by atomic mass is 16.7. The van der Waals surface area contributed by atoms with Crippen molar-refractivity contribution in [3.63, 3.8) is 0 Å². The van der Waals surface area contributed by atoms with Crippen LogP contribution in [0, 0.1) is 0 Å². The number of cyclic esters (lactones) is 1. The number of fused-ring (bicyclic) bond motifs is 1. The molecule has 0 N–H and O–H groups in total. The second-order valence-electron chi connectivity index (χ2n) is 6.02. The molecule has 0 aliphatic carbocycles. The zero-order chi connectivity index (χ0) is 13.8. The van der Waals surface area contributed by atoms with E-state index in [0.717, 1.165) is 5.59 Å². The van der Waals surface area contributed by atoms with E-state index < -0.39 is 7.12 Å². The molecule has 0 unspecified atom stereocenters. The largest absolute Gasteiger partial charge is 0.512 e. The molecule has 3 rings (SSSR count). The highest BCUT2D eigenvalue weighted by Crippen LogP contribution is 2.36. The van der Waals surface area contributed by atoms with Crippen molar-refractivity contribution in [3.05, 3.63) is 17.8 Å². The Balaban J connectivity index is 1.95. The average molecular weight is 263 g/mol. The van der Waals surface area contributed by atoms with Gasteiger partial charge in [0, 0.05) is 5.59 Å². The van der Waals surface area contributed by atoms with Crippen LogP contribution in [0.4, 0.5) is 0 Å². The number of carbonyl (C=O) groups is 1. The lowest BCUT2D eigenvalue weighted by Crippen LogP contribution is -2.42. The van der Waals surface area contributed by atoms with Crippen LogP contribution in [-0.4, -0.2) is 35.5 Å². The smallest absolute Gasteiger partial charge is 0.459 e. The number of esters is 1. The van der Waals surface area contributed by atoms with Crippen LogP contribution >= 0.6 is 0 Å². The van der Waals surface area contributed by atoms with Crippen LogP contribution in [0.2, 0.25) is 0 Å². The molecule has 102 valence electrons. The highest BCUT2D eigenvalue weighted by molar-refractivity contribution is 6.61. The molecule has 19 heavy (non-hydrogen) atoms. The number of rotatable bonds is 1. The van der Waals surface area contributed by atoms with Gasteiger partial charge in [-0.3, -0.25) is 0 Å². The SMILES string of the molecule is CC1(C)OB(c2ccc3n2CCOC3=O)OC1(C)C. The van der Waals surface area contributed by atoms with Gasteiger partial charge in [0.15, 0.2) is 0 Å². The molecule has 0 spiro atoms. The summed E-state index contributed by atoms with van der Waals surface area (Å²) < 4.78 is 19.0. The zero-order valence-electron chi connectivity index (χ0n) is 11.7. The van der Waals surface area contributed by atoms with Crippen LogP contribution in [0.5, 0.6) is 0 Å². The van der Waals surface area contributed by atoms with Gasteiger partial charge in [-0.25, -0.2) is 4.79 Å². The normalized spacial score (nSPS) is 24.2. The van der Waals surface area contributed by atoms with Gasteiger partial charge < -0.3 is 18.6 Å². The van der Waals surface area contributed by atoms with E-state index in [0.29, 0.717) is 18.8 Å². The summed E-state index contributed by atoms with van der Waals surface area (Å²) in [4.78, 5) is 11.6. The molecule has 1 fully saturated rings. The fourth-order valence-corrected chi connectivity index (χ4v) is 2.38. The van der Waals surface area contributed by atoms with Crippen LogP contribution in [0.15, 0.2) is 12.1 Å². The van der Waals surface area contributed by atoms with Crippen LogP contribution in [0.3, 0.4) is 0 Å². The second-order valence-corrected chi connectivity index (χ2v) is 6.02. The number of carbonyl (C=O) groups excluding carboxylic acids is 1. The maximum absolute atomic E-state index is 11.6. The van der Waals surface area contributed by atoms with E-state index in [9.17, 15) is 4.79 Å². The predicted molar refractivity (Wildman–Crippen MR) is 70.4 cm³/mol. The van der Waals surface area contributed by atoms with E-state index in [4.69, 9.17) is 14.0 Å². The third-order valence-electron chi connectivity index (χ3n) is 4.27. The summed E-state index contributed by atoms with van der Waals surface area (Å²) in [7, 11) is -0.440. The topological polar surface area (TPSA) is 49.7 Å². The molecular weight excluding hydrogens is 245 g/mol. The van der Waals surface area contributed by atoms with Crippen molar-refractivity contribution >= 4 is 18.7 Å². The molecule has 0 atom stereocenters. The lowest BCUT2D eigenvalue weighted by atomic mass is 9.84. The first kappa shape index (κ1) is 12.8. The van der Waals surface area contributed by atoms with Gasteiger partial charge in [-0.15, -0.1) is 0 Å². The monoisotopic (exact) mass is 263 g/mol. The molecule has 6 heteroatoms. The van der Waals surface area contributed by atoms with Gasteiger partial charge in [-0.05, 0) is 39.8 Å². The van der Waals surface area contributed by atoms with Crippen LogP contribution in [0.1, 0.15) is 38.2 Å². The van der Waals surface area contributed by atoms with Gasteiger partial charge >= 0.3 is 13.1 Å². The Morgan fingerprint density at radius 3 is 2.42 bits per heavy atom. The lowest BCUT2D eigenvalue weighted by Gasteiger charge is -2.32. The molecule has 1 saturated heterocycles. The zero-order valence-corrected chi connectivity index (χ0v) is 11.7. The van der Waals surface area contributed by atoms with E-state index in [1.807, 2.05) is 38.3 Å². The van der Waals surface area contributed by atoms with Crippen molar-refractivity contribution in [2.45, 2.75) is 45.4 Å². The minimum absolute atomic E-state index is 0.283. The van der Waals surface area contributed by atoms with Crippen LogP contribution in [-0.2, 0) is 20.6 Å². The summed E-state index contributed by atoms with van der Waals surface area (Å²) in [6.07, 6.45) is 0. The van der Waals surface area contributed by atoms with Gasteiger partial charge in [0.05, 0.1) is 17.7 Å². The Morgan fingerprint density at radius 2 is 1.79 bits per heavy atom. The Hall–Kier alpha value is -1.27. The number of hydrogen-bond acceptors (Lipinski definition) is 4. The molecule has 0 bridgehead atoms. The second kappa shape index (κ2) is 3.87. The molecule has 0 amide bonds. The van der Waals surface area contributed by atoms with Gasteiger partial charge in [-0.2, -0.15) is 0 Å². The maximum atomic E-state index is 11.6. The molecule has 5 nitrogen and oxygen atoms in total. The van der Waals surface area contributed by atoms with Crippen molar-refractivity contribution in [1.82, 2.24) is 4.57 Å². The molecule has 0 aromatic carbocycles. The molecule has 1 aromatic heterocycles. The summed E-state index contributed by atoms with van der Waals surface area (Å²) in [6, 6.07) is 3.64. The van der Waals surface area contributed by atoms with E-state index in [1.54, 1.807) is 6.07 Å². The third-order valence-corrected chi connectivity index (χ3v) is 4.27.